The Morgan fingerprint density at radius 3 is 2.53 bits per heavy atom. The van der Waals surface area contributed by atoms with Crippen LogP contribution >= 0.6 is 11.6 Å². The van der Waals surface area contributed by atoms with E-state index in [1.807, 2.05) is 24.3 Å². The predicted octanol–water partition coefficient (Wildman–Crippen LogP) is 7.36. The molecular formula is C27H26ClNO. The van der Waals surface area contributed by atoms with Crippen LogP contribution in [0.15, 0.2) is 72.8 Å². The molecule has 2 aliphatic rings. The van der Waals surface area contributed by atoms with Crippen LogP contribution in [-0.4, -0.2) is 0 Å². The Bertz CT molecular complexity index is 1090. The minimum atomic E-state index is 0.309. The standard InChI is InChI=1S/C27H26ClNO/c1-17-14-18(2)26-25(15-17)23-4-3-5-24(23)27(29-26)20-8-12-22(13-9-20)30-16-19-6-10-21(28)11-7-19/h3-4,6-15,23-24,27,29H,5,16H2,1-2H3/t23-,24+,27+/m0/s1. The average molecular weight is 416 g/mol. The molecule has 1 aliphatic heterocycles. The van der Waals surface area contributed by atoms with Gasteiger partial charge in [-0.05, 0) is 72.7 Å². The number of hydrogen-bond donors (Lipinski definition) is 1. The summed E-state index contributed by atoms with van der Waals surface area (Å²) in [7, 11) is 0. The Morgan fingerprint density at radius 2 is 1.77 bits per heavy atom. The summed E-state index contributed by atoms with van der Waals surface area (Å²) in [4.78, 5) is 0. The number of ether oxygens (including phenoxy) is 1. The molecule has 1 N–H and O–H groups in total. The Morgan fingerprint density at radius 1 is 1.00 bits per heavy atom. The molecule has 3 aromatic rings. The molecule has 5 rings (SSSR count). The van der Waals surface area contributed by atoms with E-state index < -0.39 is 0 Å². The van der Waals surface area contributed by atoms with Gasteiger partial charge < -0.3 is 10.1 Å². The summed E-state index contributed by atoms with van der Waals surface area (Å²) in [5.41, 5.74) is 7.86. The van der Waals surface area contributed by atoms with Gasteiger partial charge in [0.05, 0.1) is 6.04 Å². The summed E-state index contributed by atoms with van der Waals surface area (Å²) in [6.45, 7) is 4.94. The van der Waals surface area contributed by atoms with E-state index in [1.54, 1.807) is 0 Å². The van der Waals surface area contributed by atoms with Gasteiger partial charge in [-0.25, -0.2) is 0 Å². The number of benzene rings is 3. The number of anilines is 1. The van der Waals surface area contributed by atoms with Gasteiger partial charge in [0, 0.05) is 16.6 Å². The zero-order valence-corrected chi connectivity index (χ0v) is 18.1. The molecule has 0 radical (unpaired) electrons. The van der Waals surface area contributed by atoms with Crippen LogP contribution in [0.4, 0.5) is 5.69 Å². The molecule has 0 bridgehead atoms. The van der Waals surface area contributed by atoms with Crippen molar-refractivity contribution in [3.05, 3.63) is 106 Å². The molecule has 0 saturated carbocycles. The summed E-state index contributed by atoms with van der Waals surface area (Å²) in [5, 5.41) is 4.61. The van der Waals surface area contributed by atoms with Crippen LogP contribution in [0.3, 0.4) is 0 Å². The van der Waals surface area contributed by atoms with E-state index in [0.29, 0.717) is 24.5 Å². The highest BCUT2D eigenvalue weighted by molar-refractivity contribution is 6.30. The lowest BCUT2D eigenvalue weighted by Gasteiger charge is -2.38. The maximum atomic E-state index is 5.97. The highest BCUT2D eigenvalue weighted by Gasteiger charge is 2.38. The number of hydrogen-bond acceptors (Lipinski definition) is 2. The molecular weight excluding hydrogens is 390 g/mol. The summed E-state index contributed by atoms with van der Waals surface area (Å²) < 4.78 is 5.97. The Hall–Kier alpha value is -2.71. The van der Waals surface area contributed by atoms with Crippen molar-refractivity contribution in [3.8, 4) is 5.75 Å². The summed E-state index contributed by atoms with van der Waals surface area (Å²) in [5.74, 6) is 1.93. The number of fused-ring (bicyclic) bond motifs is 3. The van der Waals surface area contributed by atoms with Crippen molar-refractivity contribution in [2.75, 3.05) is 5.32 Å². The van der Waals surface area contributed by atoms with E-state index in [4.69, 9.17) is 16.3 Å². The van der Waals surface area contributed by atoms with Gasteiger partial charge in [0.2, 0.25) is 0 Å². The molecule has 0 aromatic heterocycles. The van der Waals surface area contributed by atoms with Gasteiger partial charge >= 0.3 is 0 Å². The fourth-order valence-electron chi connectivity index (χ4n) is 4.92. The topological polar surface area (TPSA) is 21.3 Å². The highest BCUT2D eigenvalue weighted by Crippen LogP contribution is 2.50. The van der Waals surface area contributed by atoms with Crippen molar-refractivity contribution in [2.45, 2.75) is 38.8 Å². The first-order valence-electron chi connectivity index (χ1n) is 10.6. The van der Waals surface area contributed by atoms with Gasteiger partial charge in [0.15, 0.2) is 0 Å². The Balaban J connectivity index is 1.36. The van der Waals surface area contributed by atoms with Gasteiger partial charge in [-0.3, -0.25) is 0 Å². The second-order valence-corrected chi connectivity index (χ2v) is 8.94. The molecule has 0 spiro atoms. The van der Waals surface area contributed by atoms with Crippen LogP contribution < -0.4 is 10.1 Å². The van der Waals surface area contributed by atoms with E-state index in [-0.39, 0.29) is 0 Å². The first-order chi connectivity index (χ1) is 14.6. The molecule has 2 nitrogen and oxygen atoms in total. The SMILES string of the molecule is Cc1cc(C)c2c(c1)[C@H]1C=CC[C@H]1[C@@H](c1ccc(OCc3ccc(Cl)cc3)cc1)N2. The fourth-order valence-corrected chi connectivity index (χ4v) is 5.05. The molecule has 0 saturated heterocycles. The first kappa shape index (κ1) is 19.3. The monoisotopic (exact) mass is 415 g/mol. The van der Waals surface area contributed by atoms with E-state index >= 15 is 0 Å². The number of allylic oxidation sites excluding steroid dienone is 2. The third-order valence-electron chi connectivity index (χ3n) is 6.37. The van der Waals surface area contributed by atoms with Crippen LogP contribution in [-0.2, 0) is 6.61 Å². The van der Waals surface area contributed by atoms with Crippen molar-refractivity contribution >= 4 is 17.3 Å². The number of nitrogens with one attached hydrogen (secondary N) is 1. The molecule has 30 heavy (non-hydrogen) atoms. The van der Waals surface area contributed by atoms with Crippen molar-refractivity contribution < 1.29 is 4.74 Å². The lowest BCUT2D eigenvalue weighted by Crippen LogP contribution is -2.29. The second kappa shape index (κ2) is 7.85. The van der Waals surface area contributed by atoms with Gasteiger partial charge in [-0.15, -0.1) is 0 Å². The lowest BCUT2D eigenvalue weighted by molar-refractivity contribution is 0.306. The van der Waals surface area contributed by atoms with Crippen LogP contribution in [0.1, 0.15) is 46.2 Å². The number of halogens is 1. The molecule has 3 aromatic carbocycles. The molecule has 152 valence electrons. The van der Waals surface area contributed by atoms with Crippen molar-refractivity contribution in [1.29, 1.82) is 0 Å². The van der Waals surface area contributed by atoms with Crippen LogP contribution in [0.5, 0.6) is 5.75 Å². The molecule has 1 heterocycles. The molecule has 0 unspecified atom stereocenters. The summed E-state index contributed by atoms with van der Waals surface area (Å²) in [6, 6.07) is 21.3. The number of aryl methyl sites for hydroxylation is 2. The van der Waals surface area contributed by atoms with E-state index in [2.05, 4.69) is 67.7 Å². The van der Waals surface area contributed by atoms with Crippen molar-refractivity contribution in [3.63, 3.8) is 0 Å². The van der Waals surface area contributed by atoms with Crippen LogP contribution in [0.2, 0.25) is 5.02 Å². The minimum absolute atomic E-state index is 0.309. The zero-order valence-electron chi connectivity index (χ0n) is 17.4. The zero-order chi connectivity index (χ0) is 20.7. The molecule has 0 amide bonds. The molecule has 3 atom stereocenters. The van der Waals surface area contributed by atoms with Crippen LogP contribution in [0, 0.1) is 19.8 Å². The highest BCUT2D eigenvalue weighted by atomic mass is 35.5. The second-order valence-electron chi connectivity index (χ2n) is 8.51. The molecule has 0 fully saturated rings. The van der Waals surface area contributed by atoms with Crippen LogP contribution in [0.25, 0.3) is 0 Å². The summed E-state index contributed by atoms with van der Waals surface area (Å²) >= 11 is 5.96. The van der Waals surface area contributed by atoms with Gasteiger partial charge in [-0.1, -0.05) is 65.7 Å². The third kappa shape index (κ3) is 3.61. The van der Waals surface area contributed by atoms with Gasteiger partial charge in [0.25, 0.3) is 0 Å². The molecule has 3 heteroatoms. The maximum absolute atomic E-state index is 5.97. The van der Waals surface area contributed by atoms with E-state index in [1.165, 1.54) is 27.9 Å². The first-order valence-corrected chi connectivity index (χ1v) is 11.0. The molecule has 1 aliphatic carbocycles. The Kier molecular flexibility index (Phi) is 5.04. The van der Waals surface area contributed by atoms with E-state index in [9.17, 15) is 0 Å². The largest absolute Gasteiger partial charge is 0.489 e. The predicted molar refractivity (Wildman–Crippen MR) is 124 cm³/mol. The van der Waals surface area contributed by atoms with Crippen molar-refractivity contribution in [2.24, 2.45) is 5.92 Å². The Labute approximate surface area is 183 Å². The van der Waals surface area contributed by atoms with Gasteiger partial charge in [-0.2, -0.15) is 0 Å². The normalized spacial score (nSPS) is 21.6. The van der Waals surface area contributed by atoms with Crippen molar-refractivity contribution in [1.82, 2.24) is 0 Å². The number of rotatable bonds is 4. The third-order valence-corrected chi connectivity index (χ3v) is 6.62. The maximum Gasteiger partial charge on any atom is 0.119 e. The lowest BCUT2D eigenvalue weighted by atomic mass is 9.76. The minimum Gasteiger partial charge on any atom is -0.489 e. The average Bonchev–Trinajstić information content (AvgIpc) is 3.24. The fraction of sp³-hybridized carbons (Fsp3) is 0.259. The summed E-state index contributed by atoms with van der Waals surface area (Å²) in [6.07, 6.45) is 5.86. The van der Waals surface area contributed by atoms with Gasteiger partial charge in [0.1, 0.15) is 12.4 Å². The quantitative estimate of drug-likeness (QED) is 0.449. The van der Waals surface area contributed by atoms with E-state index in [0.717, 1.165) is 22.8 Å². The smallest absolute Gasteiger partial charge is 0.119 e.